The molecule has 4 rings (SSSR count). The largest absolute Gasteiger partial charge is 0.494 e. The summed E-state index contributed by atoms with van der Waals surface area (Å²) in [7, 11) is 1.85. The third kappa shape index (κ3) is 9.65. The van der Waals surface area contributed by atoms with Crippen LogP contribution in [0, 0.1) is 25.7 Å². The normalized spacial score (nSPS) is 15.7. The van der Waals surface area contributed by atoms with Crippen molar-refractivity contribution in [2.45, 2.75) is 105 Å². The van der Waals surface area contributed by atoms with Crippen LogP contribution < -0.4 is 4.74 Å². The van der Waals surface area contributed by atoms with Crippen molar-refractivity contribution >= 4 is 11.5 Å². The molecule has 3 aromatic carbocycles. The highest BCUT2D eigenvalue weighted by atomic mass is 16.5. The van der Waals surface area contributed by atoms with Gasteiger partial charge >= 0.3 is 0 Å². The zero-order valence-corrected chi connectivity index (χ0v) is 27.4. The summed E-state index contributed by atoms with van der Waals surface area (Å²) in [5, 5.41) is 0. The Hall–Kier alpha value is -3.20. The fourth-order valence-electron chi connectivity index (χ4n) is 6.68. The summed E-state index contributed by atoms with van der Waals surface area (Å²) in [6.07, 6.45) is 13.5. The zero-order valence-electron chi connectivity index (χ0n) is 27.4. The summed E-state index contributed by atoms with van der Waals surface area (Å²) in [5.41, 5.74) is 9.19. The lowest BCUT2D eigenvalue weighted by Crippen LogP contribution is -2.19. The molecule has 0 saturated carbocycles. The van der Waals surface area contributed by atoms with E-state index in [4.69, 9.17) is 4.74 Å². The Bertz CT molecular complexity index is 1360. The van der Waals surface area contributed by atoms with Crippen LogP contribution >= 0.6 is 0 Å². The van der Waals surface area contributed by atoms with E-state index in [0.29, 0.717) is 12.3 Å². The summed E-state index contributed by atoms with van der Waals surface area (Å²) < 4.78 is 6.15. The number of fused-ring (bicyclic) bond motifs is 1. The van der Waals surface area contributed by atoms with Gasteiger partial charge in [0.2, 0.25) is 0 Å². The van der Waals surface area contributed by atoms with Crippen LogP contribution in [0.5, 0.6) is 5.75 Å². The molecule has 0 fully saturated rings. The van der Waals surface area contributed by atoms with E-state index >= 15 is 0 Å². The van der Waals surface area contributed by atoms with Gasteiger partial charge in [-0.2, -0.15) is 0 Å². The van der Waals surface area contributed by atoms with Crippen molar-refractivity contribution < 1.29 is 9.53 Å². The average molecular weight is 580 g/mol. The van der Waals surface area contributed by atoms with Crippen molar-refractivity contribution in [3.63, 3.8) is 0 Å². The Morgan fingerprint density at radius 2 is 1.67 bits per heavy atom. The van der Waals surface area contributed by atoms with Gasteiger partial charge in [0, 0.05) is 31.2 Å². The lowest BCUT2D eigenvalue weighted by molar-refractivity contribution is 0.0956. The fourth-order valence-corrected chi connectivity index (χ4v) is 6.68. The number of carbonyl (C=O) groups is 1. The van der Waals surface area contributed by atoms with Crippen LogP contribution in [0.15, 0.2) is 65.7 Å². The molecule has 1 aliphatic rings. The number of hydrogen-bond donors (Lipinski definition) is 0. The smallest absolute Gasteiger partial charge is 0.163 e. The van der Waals surface area contributed by atoms with Crippen molar-refractivity contribution in [2.75, 3.05) is 13.7 Å². The number of ether oxygens (including phenoxy) is 1. The fraction of sp³-hybridized carbons (Fsp3) is 0.500. The number of Topliss-reactive ketones (excluding diaryl/α,β-unsaturated/α-hetero) is 1. The SMILES string of the molecule is CCCCCCC(C)CCCOc1ccc2c(c1)CC[C@H](CC(=O)c1cc(C(Cc3ccccc3)=NC)c(C)cc1C)C2. The molecule has 0 heterocycles. The summed E-state index contributed by atoms with van der Waals surface area (Å²) in [4.78, 5) is 18.3. The van der Waals surface area contributed by atoms with Gasteiger partial charge in [-0.25, -0.2) is 0 Å². The molecule has 3 aromatic rings. The second-order valence-corrected chi connectivity index (χ2v) is 12.9. The van der Waals surface area contributed by atoms with E-state index < -0.39 is 0 Å². The summed E-state index contributed by atoms with van der Waals surface area (Å²) in [6.45, 7) is 9.64. The standard InChI is InChI=1S/C40H53NO2/c1-6-7-8-10-14-29(2)15-13-22-43-36-21-20-34-24-33(18-19-35(34)27-36)26-40(42)38-28-37(30(3)23-31(38)4)39(41-5)25-32-16-11-9-12-17-32/h9,11-12,16-17,20-21,23,27-29,33H,6-8,10,13-15,18-19,22,24-26H2,1-5H3/t29?,33-/m0/s1. The molecule has 0 aromatic heterocycles. The lowest BCUT2D eigenvalue weighted by atomic mass is 9.80. The molecular formula is C40H53NO2. The Kier molecular flexibility index (Phi) is 12.6. The van der Waals surface area contributed by atoms with Gasteiger partial charge < -0.3 is 4.74 Å². The molecular weight excluding hydrogens is 526 g/mol. The van der Waals surface area contributed by atoms with Crippen molar-refractivity contribution in [1.29, 1.82) is 0 Å². The molecule has 0 radical (unpaired) electrons. The maximum atomic E-state index is 13.7. The number of ketones is 1. The molecule has 43 heavy (non-hydrogen) atoms. The Morgan fingerprint density at radius 1 is 0.907 bits per heavy atom. The predicted octanol–water partition coefficient (Wildman–Crippen LogP) is 10.1. The van der Waals surface area contributed by atoms with Gasteiger partial charge in [-0.15, -0.1) is 0 Å². The molecule has 0 bridgehead atoms. The summed E-state index contributed by atoms with van der Waals surface area (Å²) >= 11 is 0. The second kappa shape index (κ2) is 16.6. The quantitative estimate of drug-likeness (QED) is 0.0962. The number of aryl methyl sites for hydroxylation is 3. The highest BCUT2D eigenvalue weighted by molar-refractivity contribution is 6.06. The van der Waals surface area contributed by atoms with Crippen LogP contribution in [0.4, 0.5) is 0 Å². The van der Waals surface area contributed by atoms with Crippen LogP contribution in [0.2, 0.25) is 0 Å². The first kappa shape index (κ1) is 32.7. The number of benzene rings is 3. The average Bonchev–Trinajstić information content (AvgIpc) is 3.01. The van der Waals surface area contributed by atoms with Crippen molar-refractivity contribution in [1.82, 2.24) is 0 Å². The monoisotopic (exact) mass is 579 g/mol. The van der Waals surface area contributed by atoms with E-state index in [0.717, 1.165) is 72.8 Å². The molecule has 230 valence electrons. The molecule has 3 heteroatoms. The van der Waals surface area contributed by atoms with Gasteiger partial charge in [0.25, 0.3) is 0 Å². The summed E-state index contributed by atoms with van der Waals surface area (Å²) in [5.74, 6) is 2.41. The molecule has 3 nitrogen and oxygen atoms in total. The number of unbranched alkanes of at least 4 members (excludes halogenated alkanes) is 3. The van der Waals surface area contributed by atoms with Gasteiger partial charge in [-0.3, -0.25) is 9.79 Å². The topological polar surface area (TPSA) is 38.7 Å². The molecule has 0 N–H and O–H groups in total. The molecule has 1 aliphatic carbocycles. The Morgan fingerprint density at radius 3 is 2.44 bits per heavy atom. The van der Waals surface area contributed by atoms with Crippen molar-refractivity contribution in [2.24, 2.45) is 16.8 Å². The zero-order chi connectivity index (χ0) is 30.6. The first-order valence-electron chi connectivity index (χ1n) is 16.8. The lowest BCUT2D eigenvalue weighted by Gasteiger charge is -2.25. The van der Waals surface area contributed by atoms with Crippen LogP contribution in [-0.2, 0) is 19.3 Å². The molecule has 2 atom stereocenters. The number of rotatable bonds is 16. The van der Waals surface area contributed by atoms with Crippen LogP contribution in [0.25, 0.3) is 0 Å². The minimum Gasteiger partial charge on any atom is -0.494 e. The van der Waals surface area contributed by atoms with E-state index in [2.05, 4.69) is 87.3 Å². The highest BCUT2D eigenvalue weighted by Gasteiger charge is 2.24. The van der Waals surface area contributed by atoms with Crippen LogP contribution in [-0.4, -0.2) is 25.1 Å². The molecule has 1 unspecified atom stereocenters. The second-order valence-electron chi connectivity index (χ2n) is 12.9. The van der Waals surface area contributed by atoms with Crippen LogP contribution in [0.1, 0.15) is 115 Å². The number of hydrogen-bond acceptors (Lipinski definition) is 3. The van der Waals surface area contributed by atoms with Gasteiger partial charge in [-0.05, 0) is 109 Å². The van der Waals surface area contributed by atoms with Crippen LogP contribution in [0.3, 0.4) is 0 Å². The Labute approximate surface area is 261 Å². The Balaban J connectivity index is 1.31. The van der Waals surface area contributed by atoms with E-state index in [-0.39, 0.29) is 5.78 Å². The molecule has 0 aliphatic heterocycles. The van der Waals surface area contributed by atoms with E-state index in [1.54, 1.807) is 0 Å². The molecule has 0 spiro atoms. The first-order valence-corrected chi connectivity index (χ1v) is 16.8. The third-order valence-corrected chi connectivity index (χ3v) is 9.31. The first-order chi connectivity index (χ1) is 20.9. The van der Waals surface area contributed by atoms with E-state index in [9.17, 15) is 4.79 Å². The number of aliphatic imine (C=N–C) groups is 1. The minimum absolute atomic E-state index is 0.252. The summed E-state index contributed by atoms with van der Waals surface area (Å²) in [6, 6.07) is 21.3. The van der Waals surface area contributed by atoms with Crippen molar-refractivity contribution in [3.8, 4) is 5.75 Å². The predicted molar refractivity (Wildman–Crippen MR) is 182 cm³/mol. The number of carbonyl (C=O) groups excluding carboxylic acids is 1. The van der Waals surface area contributed by atoms with Gasteiger partial charge in [-0.1, -0.05) is 88.4 Å². The van der Waals surface area contributed by atoms with E-state index in [1.165, 1.54) is 60.8 Å². The van der Waals surface area contributed by atoms with Gasteiger partial charge in [0.1, 0.15) is 5.75 Å². The van der Waals surface area contributed by atoms with Gasteiger partial charge in [0.15, 0.2) is 5.78 Å². The van der Waals surface area contributed by atoms with Crippen molar-refractivity contribution in [3.05, 3.63) is 99.6 Å². The number of nitrogens with zero attached hydrogens (tertiary/aromatic N) is 1. The highest BCUT2D eigenvalue weighted by Crippen LogP contribution is 2.32. The molecule has 0 saturated heterocycles. The maximum absolute atomic E-state index is 13.7. The minimum atomic E-state index is 0.252. The molecule has 0 amide bonds. The maximum Gasteiger partial charge on any atom is 0.163 e. The third-order valence-electron chi connectivity index (χ3n) is 9.31. The van der Waals surface area contributed by atoms with E-state index in [1.807, 2.05) is 13.1 Å². The van der Waals surface area contributed by atoms with Gasteiger partial charge in [0.05, 0.1) is 6.61 Å².